The van der Waals surface area contributed by atoms with Crippen LogP contribution in [0.2, 0.25) is 0 Å². The number of carbonyl (C=O) groups is 4. The van der Waals surface area contributed by atoms with Gasteiger partial charge >= 0.3 is 6.03 Å². The number of ether oxygens (including phenoxy) is 1. The molecule has 0 bridgehead atoms. The second kappa shape index (κ2) is 21.7. The van der Waals surface area contributed by atoms with Gasteiger partial charge in [-0.15, -0.1) is 0 Å². The molecule has 69 heavy (non-hydrogen) atoms. The van der Waals surface area contributed by atoms with Gasteiger partial charge in [-0.2, -0.15) is 5.10 Å². The number of nitrogens with one attached hydrogen (secondary N) is 2. The highest BCUT2D eigenvalue weighted by Crippen LogP contribution is 2.34. The second-order valence-corrected chi connectivity index (χ2v) is 18.5. The van der Waals surface area contributed by atoms with Crippen LogP contribution in [0.25, 0.3) is 11.3 Å². The molecule has 9 rings (SSSR count). The molecular weight excluding hydrogens is 880 g/mol. The SMILES string of the molecule is COc1ccc(C(=O)N2CCC(CN3CCN(CCCN4CCC(n5cc(-c6cnc(N)c([C@H](C(=O)Nc7ccc(F)cc7)c7ccccc7)n6)cn5)CC4)CC3)CC2)cc1N1CCC(=O)NC1=O. The number of anilines is 3. The molecule has 4 aliphatic heterocycles. The zero-order valence-corrected chi connectivity index (χ0v) is 39.1. The lowest BCUT2D eigenvalue weighted by molar-refractivity contribution is -0.120. The number of methoxy groups -OCH3 is 1. The number of piperidine rings is 2. The fourth-order valence-electron chi connectivity index (χ4n) is 10.1. The van der Waals surface area contributed by atoms with Crippen LogP contribution in [0.4, 0.5) is 26.4 Å². The lowest BCUT2D eigenvalue weighted by atomic mass is 9.94. The number of nitrogens with two attached hydrogens (primary N) is 1. The van der Waals surface area contributed by atoms with Crippen LogP contribution >= 0.6 is 0 Å². The van der Waals surface area contributed by atoms with Gasteiger partial charge in [0.25, 0.3) is 5.91 Å². The van der Waals surface area contributed by atoms with Crippen molar-refractivity contribution < 1.29 is 28.3 Å². The molecule has 3 aromatic carbocycles. The van der Waals surface area contributed by atoms with Gasteiger partial charge in [0.15, 0.2) is 0 Å². The predicted molar refractivity (Wildman–Crippen MR) is 260 cm³/mol. The van der Waals surface area contributed by atoms with Crippen LogP contribution in [-0.2, 0) is 9.59 Å². The Hall–Kier alpha value is -6.76. The minimum Gasteiger partial charge on any atom is -0.495 e. The third-order valence-electron chi connectivity index (χ3n) is 14.0. The van der Waals surface area contributed by atoms with Crippen molar-refractivity contribution in [2.45, 2.75) is 50.5 Å². The third-order valence-corrected chi connectivity index (χ3v) is 14.0. The number of benzene rings is 3. The van der Waals surface area contributed by atoms with Gasteiger partial charge in [-0.25, -0.2) is 19.2 Å². The maximum Gasteiger partial charge on any atom is 0.328 e. The molecule has 4 aliphatic rings. The van der Waals surface area contributed by atoms with Gasteiger partial charge in [0.05, 0.1) is 36.9 Å². The average molecular weight is 941 g/mol. The molecule has 17 nitrogen and oxygen atoms in total. The molecule has 4 saturated heterocycles. The summed E-state index contributed by atoms with van der Waals surface area (Å²) in [7, 11) is 1.52. The highest BCUT2D eigenvalue weighted by atomic mass is 19.1. The number of urea groups is 1. The monoisotopic (exact) mass is 940 g/mol. The zero-order chi connectivity index (χ0) is 47.9. The number of likely N-dealkylation sites (tertiary alicyclic amines) is 2. The van der Waals surface area contributed by atoms with Crippen LogP contribution in [0, 0.1) is 11.7 Å². The van der Waals surface area contributed by atoms with E-state index in [0.717, 1.165) is 96.6 Å². The summed E-state index contributed by atoms with van der Waals surface area (Å²) in [6.07, 6.45) is 10.7. The van der Waals surface area contributed by atoms with Crippen molar-refractivity contribution in [3.63, 3.8) is 0 Å². The molecule has 1 atom stereocenters. The van der Waals surface area contributed by atoms with Crippen molar-refractivity contribution in [2.24, 2.45) is 5.92 Å². The Bertz CT molecular complexity index is 2590. The Balaban J connectivity index is 0.694. The summed E-state index contributed by atoms with van der Waals surface area (Å²) in [5.74, 6) is -0.792. The molecule has 4 fully saturated rings. The molecule has 0 radical (unpaired) electrons. The molecule has 6 heterocycles. The molecule has 4 N–H and O–H groups in total. The summed E-state index contributed by atoms with van der Waals surface area (Å²) in [5.41, 5.74) is 10.3. The summed E-state index contributed by atoms with van der Waals surface area (Å²) in [5, 5.41) is 9.98. The van der Waals surface area contributed by atoms with Gasteiger partial charge in [0.1, 0.15) is 29.0 Å². The molecule has 0 unspecified atom stereocenters. The van der Waals surface area contributed by atoms with Gasteiger partial charge in [-0.3, -0.25) is 29.3 Å². The minimum absolute atomic E-state index is 0.0541. The summed E-state index contributed by atoms with van der Waals surface area (Å²) in [4.78, 5) is 72.1. The largest absolute Gasteiger partial charge is 0.495 e. The van der Waals surface area contributed by atoms with Crippen molar-refractivity contribution in [3.05, 3.63) is 114 Å². The van der Waals surface area contributed by atoms with Crippen LogP contribution in [-0.4, -0.2) is 149 Å². The molecule has 0 aliphatic carbocycles. The Morgan fingerprint density at radius 1 is 0.855 bits per heavy atom. The number of piperazine rings is 1. The Kier molecular flexibility index (Phi) is 14.9. The highest BCUT2D eigenvalue weighted by molar-refractivity contribution is 6.07. The number of nitrogens with zero attached hydrogens (tertiary/aromatic N) is 9. The molecule has 5 amide bonds. The number of aromatic nitrogens is 4. The van der Waals surface area contributed by atoms with Crippen LogP contribution in [0.5, 0.6) is 5.75 Å². The van der Waals surface area contributed by atoms with Crippen molar-refractivity contribution >= 4 is 40.9 Å². The number of halogens is 1. The van der Waals surface area contributed by atoms with Crippen molar-refractivity contribution in [2.75, 3.05) is 102 Å². The number of rotatable bonds is 15. The minimum atomic E-state index is -0.854. The molecule has 362 valence electrons. The maximum atomic E-state index is 13.8. The summed E-state index contributed by atoms with van der Waals surface area (Å²) >= 11 is 0. The lowest BCUT2D eigenvalue weighted by Gasteiger charge is -2.39. The predicted octanol–water partition coefficient (Wildman–Crippen LogP) is 5.48. The molecule has 5 aromatic rings. The molecule has 18 heteroatoms. The Morgan fingerprint density at radius 2 is 1.57 bits per heavy atom. The van der Waals surface area contributed by atoms with E-state index in [2.05, 4.69) is 30.3 Å². The first-order valence-corrected chi connectivity index (χ1v) is 24.1. The second-order valence-electron chi connectivity index (χ2n) is 18.5. The van der Waals surface area contributed by atoms with E-state index in [4.69, 9.17) is 20.6 Å². The van der Waals surface area contributed by atoms with E-state index in [1.165, 1.54) is 36.3 Å². The third kappa shape index (κ3) is 11.4. The van der Waals surface area contributed by atoms with E-state index in [1.807, 2.05) is 46.1 Å². The smallest absolute Gasteiger partial charge is 0.328 e. The van der Waals surface area contributed by atoms with Gasteiger partial charge in [-0.05, 0) is 99.1 Å². The van der Waals surface area contributed by atoms with E-state index in [-0.39, 0.29) is 42.5 Å². The Labute approximate surface area is 401 Å². The summed E-state index contributed by atoms with van der Waals surface area (Å²) in [6, 6.07) is 19.8. The quantitative estimate of drug-likeness (QED) is 0.120. The van der Waals surface area contributed by atoms with Crippen LogP contribution < -0.4 is 26.0 Å². The van der Waals surface area contributed by atoms with Crippen molar-refractivity contribution in [3.8, 4) is 17.0 Å². The van der Waals surface area contributed by atoms with E-state index in [1.54, 1.807) is 30.6 Å². The van der Waals surface area contributed by atoms with Crippen LogP contribution in [0.1, 0.15) is 72.1 Å². The summed E-state index contributed by atoms with van der Waals surface area (Å²) < 4.78 is 21.1. The summed E-state index contributed by atoms with van der Waals surface area (Å²) in [6.45, 7) is 11.1. The van der Waals surface area contributed by atoms with Crippen LogP contribution in [0.15, 0.2) is 91.4 Å². The van der Waals surface area contributed by atoms with Gasteiger partial charge in [-0.1, -0.05) is 30.3 Å². The first-order chi connectivity index (χ1) is 33.6. The topological polar surface area (TPSA) is 187 Å². The van der Waals surface area contributed by atoms with Gasteiger partial charge < -0.3 is 35.4 Å². The number of carbonyl (C=O) groups excluding carboxylic acids is 4. The number of amides is 5. The number of imide groups is 1. The van der Waals surface area contributed by atoms with E-state index < -0.39 is 17.8 Å². The first kappa shape index (κ1) is 47.3. The normalized spacial score (nSPS) is 18.5. The maximum absolute atomic E-state index is 13.8. The first-order valence-electron chi connectivity index (χ1n) is 24.1. The van der Waals surface area contributed by atoms with E-state index >= 15 is 0 Å². The van der Waals surface area contributed by atoms with E-state index in [9.17, 15) is 23.6 Å². The molecular formula is C51H61FN12O5. The van der Waals surface area contributed by atoms with Crippen molar-refractivity contribution in [1.29, 1.82) is 0 Å². The number of hydrogen-bond donors (Lipinski definition) is 3. The fourth-order valence-corrected chi connectivity index (χ4v) is 10.1. The number of hydrogen-bond acceptors (Lipinski definition) is 12. The standard InChI is InChI=1S/C51H61FN12O5/c1-69-44-13-8-37(30-43(44)63-25-18-45(65)58-51(63)68)50(67)62-23-14-35(15-24-62)33-61-28-26-60(27-29-61)20-5-19-59-21-16-41(17-22-59)64-34-38(31-55-64)42-32-54-48(53)47(57-42)46(36-6-3-2-4-7-36)49(66)56-40-11-9-39(52)10-12-40/h2-4,6-13,30-32,34-35,41,46H,5,14-29,33H2,1H3,(H2,53,54)(H,56,66)(H,58,65,68)/t46-/m1/s1. The zero-order valence-electron chi connectivity index (χ0n) is 39.1. The lowest BCUT2D eigenvalue weighted by Crippen LogP contribution is -2.50. The van der Waals surface area contributed by atoms with Crippen LogP contribution in [0.3, 0.4) is 0 Å². The fraction of sp³-hybridized carbons (Fsp3) is 0.431. The van der Waals surface area contributed by atoms with Crippen molar-refractivity contribution in [1.82, 2.24) is 44.7 Å². The van der Waals surface area contributed by atoms with E-state index in [0.29, 0.717) is 58.6 Å². The molecule has 0 saturated carbocycles. The number of nitrogen functional groups attached to an aromatic ring is 1. The van der Waals surface area contributed by atoms with Gasteiger partial charge in [0.2, 0.25) is 11.8 Å². The average Bonchev–Trinajstić information content (AvgIpc) is 3.87. The molecule has 0 spiro atoms. The molecule has 2 aromatic heterocycles. The Morgan fingerprint density at radius 3 is 2.28 bits per heavy atom. The van der Waals surface area contributed by atoms with Gasteiger partial charge in [0, 0.05) is 94.9 Å². The highest BCUT2D eigenvalue weighted by Gasteiger charge is 2.32.